The molecule has 1 heterocycles. The van der Waals surface area contributed by atoms with E-state index in [0.717, 1.165) is 6.08 Å². The predicted octanol–water partition coefficient (Wildman–Crippen LogP) is 3.64. The third-order valence-corrected chi connectivity index (χ3v) is 3.18. The molecule has 8 heteroatoms. The van der Waals surface area contributed by atoms with Gasteiger partial charge in [0.2, 0.25) is 6.10 Å². The molecule has 1 aromatic carbocycles. The monoisotopic (exact) mass is 366 g/mol. The Hall–Kier alpha value is -1.70. The quantitative estimate of drug-likeness (QED) is 0.887. The van der Waals surface area contributed by atoms with Crippen molar-refractivity contribution in [2.45, 2.75) is 19.2 Å². The van der Waals surface area contributed by atoms with Crippen molar-refractivity contribution < 1.29 is 32.5 Å². The molecule has 114 valence electrons. The van der Waals surface area contributed by atoms with Gasteiger partial charge in [-0.15, -0.1) is 0 Å². The third-order valence-electron chi connectivity index (χ3n) is 2.72. The number of hydrogen-bond acceptors (Lipinski definition) is 3. The van der Waals surface area contributed by atoms with Crippen molar-refractivity contribution in [2.75, 3.05) is 6.61 Å². The van der Waals surface area contributed by atoms with Gasteiger partial charge in [0, 0.05) is 10.0 Å². The van der Waals surface area contributed by atoms with E-state index in [0.29, 0.717) is 4.47 Å². The van der Waals surface area contributed by atoms with Gasteiger partial charge in [0.05, 0.1) is 12.2 Å². The highest BCUT2D eigenvalue weighted by Crippen LogP contribution is 2.43. The second-order valence-corrected chi connectivity index (χ2v) is 5.12. The molecule has 1 aliphatic rings. The maximum Gasteiger partial charge on any atom is 0.430 e. The fourth-order valence-corrected chi connectivity index (χ4v) is 2.38. The zero-order valence-electron chi connectivity index (χ0n) is 10.7. The second-order valence-electron chi connectivity index (χ2n) is 4.20. The van der Waals surface area contributed by atoms with Crippen LogP contribution in [0.5, 0.6) is 11.5 Å². The van der Waals surface area contributed by atoms with Crippen molar-refractivity contribution in [3.8, 4) is 11.5 Å². The minimum atomic E-state index is -4.83. The number of hydrogen-bond donors (Lipinski definition) is 1. The van der Waals surface area contributed by atoms with E-state index in [9.17, 15) is 18.0 Å². The summed E-state index contributed by atoms with van der Waals surface area (Å²) in [5, 5.41) is 8.95. The minimum absolute atomic E-state index is 0.118. The van der Waals surface area contributed by atoms with E-state index in [4.69, 9.17) is 14.6 Å². The average molecular weight is 367 g/mol. The molecule has 2 rings (SSSR count). The molecule has 0 radical (unpaired) electrons. The number of aliphatic carboxylic acids is 1. The largest absolute Gasteiger partial charge is 0.490 e. The topological polar surface area (TPSA) is 55.8 Å². The van der Waals surface area contributed by atoms with Crippen LogP contribution in [0, 0.1) is 0 Å². The first-order valence-electron chi connectivity index (χ1n) is 5.88. The first-order valence-corrected chi connectivity index (χ1v) is 6.68. The van der Waals surface area contributed by atoms with Gasteiger partial charge in [0.25, 0.3) is 0 Å². The number of alkyl halides is 3. The fourth-order valence-electron chi connectivity index (χ4n) is 1.93. The van der Waals surface area contributed by atoms with Gasteiger partial charge in [-0.2, -0.15) is 13.2 Å². The Balaban J connectivity index is 2.60. The van der Waals surface area contributed by atoms with Crippen LogP contribution in [-0.2, 0) is 4.79 Å². The summed E-state index contributed by atoms with van der Waals surface area (Å²) in [4.78, 5) is 11.0. The molecule has 0 fully saturated rings. The van der Waals surface area contributed by atoms with Gasteiger partial charge in [0.15, 0.2) is 11.5 Å². The molecule has 0 amide bonds. The molecule has 1 N–H and O–H groups in total. The van der Waals surface area contributed by atoms with Crippen molar-refractivity contribution in [2.24, 2.45) is 0 Å². The zero-order chi connectivity index (χ0) is 15.8. The molecule has 1 aliphatic heterocycles. The number of rotatable bonds is 3. The lowest BCUT2D eigenvalue weighted by Crippen LogP contribution is -2.40. The van der Waals surface area contributed by atoms with E-state index in [1.165, 1.54) is 12.1 Å². The first kappa shape index (κ1) is 15.7. The number of carbonyl (C=O) groups is 1. The van der Waals surface area contributed by atoms with E-state index < -0.39 is 23.8 Å². The first-order chi connectivity index (χ1) is 9.74. The van der Waals surface area contributed by atoms with Crippen LogP contribution in [0.3, 0.4) is 0 Å². The van der Waals surface area contributed by atoms with Crippen LogP contribution in [0.1, 0.15) is 12.5 Å². The Morgan fingerprint density at radius 1 is 1.48 bits per heavy atom. The van der Waals surface area contributed by atoms with Crippen LogP contribution in [0.2, 0.25) is 0 Å². The average Bonchev–Trinajstić information content (AvgIpc) is 2.36. The van der Waals surface area contributed by atoms with Gasteiger partial charge >= 0.3 is 12.1 Å². The van der Waals surface area contributed by atoms with Crippen molar-refractivity contribution in [3.05, 3.63) is 27.7 Å². The zero-order valence-corrected chi connectivity index (χ0v) is 12.3. The molecule has 0 bridgehead atoms. The van der Waals surface area contributed by atoms with Crippen LogP contribution < -0.4 is 9.47 Å². The Kier molecular flexibility index (Phi) is 4.18. The number of fused-ring (bicyclic) bond motifs is 1. The lowest BCUT2D eigenvalue weighted by atomic mass is 10.0. The van der Waals surface area contributed by atoms with Crippen molar-refractivity contribution in [1.82, 2.24) is 0 Å². The van der Waals surface area contributed by atoms with Gasteiger partial charge < -0.3 is 14.6 Å². The van der Waals surface area contributed by atoms with E-state index in [1.54, 1.807) is 6.92 Å². The van der Waals surface area contributed by atoms with Crippen molar-refractivity contribution >= 4 is 28.0 Å². The molecular formula is C13H10BrF3O4. The highest BCUT2D eigenvalue weighted by atomic mass is 79.9. The van der Waals surface area contributed by atoms with Gasteiger partial charge in [0.1, 0.15) is 0 Å². The standard InChI is InChI=1S/C13H10BrF3O4/c1-2-20-9-5-7(14)3-6-4-8(12(18)19)11(13(15,16)17)21-10(6)9/h3-5,11H,2H2,1H3,(H,18,19). The molecule has 4 nitrogen and oxygen atoms in total. The number of benzene rings is 1. The van der Waals surface area contributed by atoms with Gasteiger partial charge in [-0.05, 0) is 25.1 Å². The number of carboxylic acids is 1. The maximum atomic E-state index is 13.0. The Morgan fingerprint density at radius 2 is 2.14 bits per heavy atom. The molecule has 1 atom stereocenters. The summed E-state index contributed by atoms with van der Waals surface area (Å²) in [6, 6.07) is 2.93. The summed E-state index contributed by atoms with van der Waals surface area (Å²) in [6.45, 7) is 1.91. The molecule has 1 aromatic rings. The highest BCUT2D eigenvalue weighted by molar-refractivity contribution is 9.10. The minimum Gasteiger partial charge on any atom is -0.490 e. The van der Waals surface area contributed by atoms with E-state index in [1.807, 2.05) is 0 Å². The summed E-state index contributed by atoms with van der Waals surface area (Å²) < 4.78 is 49.6. The van der Waals surface area contributed by atoms with E-state index >= 15 is 0 Å². The Bertz CT molecular complexity index is 610. The summed E-state index contributed by atoms with van der Waals surface area (Å²) >= 11 is 3.19. The predicted molar refractivity (Wildman–Crippen MR) is 71.4 cm³/mol. The van der Waals surface area contributed by atoms with Crippen LogP contribution in [0.25, 0.3) is 6.08 Å². The number of carboxylic acid groups (broad SMARTS) is 1. The summed E-state index contributed by atoms with van der Waals surface area (Å²) in [7, 11) is 0. The molecule has 0 saturated heterocycles. The van der Waals surface area contributed by atoms with Crippen LogP contribution in [0.15, 0.2) is 22.2 Å². The summed E-state index contributed by atoms with van der Waals surface area (Å²) in [5.74, 6) is -1.68. The van der Waals surface area contributed by atoms with Crippen LogP contribution >= 0.6 is 15.9 Å². The third kappa shape index (κ3) is 3.15. The molecule has 0 aliphatic carbocycles. The second kappa shape index (κ2) is 5.59. The fraction of sp³-hybridized carbons (Fsp3) is 0.308. The Labute approximate surface area is 126 Å². The SMILES string of the molecule is CCOc1cc(Br)cc2c1OC(C(F)(F)F)C(C(=O)O)=C2. The normalized spacial score (nSPS) is 17.6. The number of halogens is 4. The van der Waals surface area contributed by atoms with Gasteiger partial charge in [-0.1, -0.05) is 15.9 Å². The van der Waals surface area contributed by atoms with E-state index in [-0.39, 0.29) is 23.7 Å². The van der Waals surface area contributed by atoms with Crippen LogP contribution in [0.4, 0.5) is 13.2 Å². The van der Waals surface area contributed by atoms with Crippen molar-refractivity contribution in [3.63, 3.8) is 0 Å². The molecule has 21 heavy (non-hydrogen) atoms. The summed E-state index contributed by atoms with van der Waals surface area (Å²) in [6.07, 6.45) is -6.41. The maximum absolute atomic E-state index is 13.0. The number of ether oxygens (including phenoxy) is 2. The highest BCUT2D eigenvalue weighted by Gasteiger charge is 2.49. The lowest BCUT2D eigenvalue weighted by Gasteiger charge is -2.28. The van der Waals surface area contributed by atoms with Crippen LogP contribution in [-0.4, -0.2) is 30.0 Å². The molecular weight excluding hydrogens is 357 g/mol. The van der Waals surface area contributed by atoms with E-state index in [2.05, 4.69) is 15.9 Å². The molecule has 0 saturated carbocycles. The lowest BCUT2D eigenvalue weighted by molar-refractivity contribution is -0.187. The molecule has 0 spiro atoms. The molecule has 1 unspecified atom stereocenters. The van der Waals surface area contributed by atoms with Gasteiger partial charge in [-0.25, -0.2) is 4.79 Å². The Morgan fingerprint density at radius 3 is 2.67 bits per heavy atom. The van der Waals surface area contributed by atoms with Crippen molar-refractivity contribution in [1.29, 1.82) is 0 Å². The van der Waals surface area contributed by atoms with Gasteiger partial charge in [-0.3, -0.25) is 0 Å². The summed E-state index contributed by atoms with van der Waals surface area (Å²) in [5.41, 5.74) is -0.652. The molecule has 0 aromatic heterocycles. The smallest absolute Gasteiger partial charge is 0.430 e.